The van der Waals surface area contributed by atoms with Crippen molar-refractivity contribution in [2.24, 2.45) is 0 Å². The molecule has 0 radical (unpaired) electrons. The van der Waals surface area contributed by atoms with E-state index in [1.54, 1.807) is 0 Å². The van der Waals surface area contributed by atoms with Gasteiger partial charge in [-0.25, -0.2) is 15.0 Å². The third-order valence-corrected chi connectivity index (χ3v) is 10.7. The Morgan fingerprint density at radius 1 is 0.255 bits per heavy atom. The van der Waals surface area contributed by atoms with Gasteiger partial charge in [0.25, 0.3) is 0 Å². The molecule has 4 nitrogen and oxygen atoms in total. The molecule has 4 heteroatoms. The molecule has 0 bridgehead atoms. The summed E-state index contributed by atoms with van der Waals surface area (Å²) in [7, 11) is 0. The zero-order valence-corrected chi connectivity index (χ0v) is 29.8. The molecular formula is C51H32N4. The van der Waals surface area contributed by atoms with E-state index in [-0.39, 0.29) is 0 Å². The highest BCUT2D eigenvalue weighted by atomic mass is 15.0. The molecule has 3 aromatic heterocycles. The second-order valence-electron chi connectivity index (χ2n) is 14.1. The van der Waals surface area contributed by atoms with Gasteiger partial charge in [-0.3, -0.25) is 0 Å². The van der Waals surface area contributed by atoms with E-state index in [2.05, 4.69) is 162 Å². The van der Waals surface area contributed by atoms with Crippen LogP contribution in [0, 0.1) is 0 Å². The van der Waals surface area contributed by atoms with E-state index < -0.39 is 0 Å². The Balaban J connectivity index is 1.16. The van der Waals surface area contributed by atoms with Gasteiger partial charge >= 0.3 is 0 Å². The molecule has 11 aromatic rings. The minimum Gasteiger partial charge on any atom is -0.308 e. The van der Waals surface area contributed by atoms with Crippen molar-refractivity contribution < 1.29 is 0 Å². The van der Waals surface area contributed by atoms with E-state index in [1.165, 1.54) is 71.5 Å². The molecule has 11 rings (SSSR count). The lowest BCUT2D eigenvalue weighted by Gasteiger charge is -2.12. The van der Waals surface area contributed by atoms with Gasteiger partial charge < -0.3 is 4.40 Å². The van der Waals surface area contributed by atoms with Gasteiger partial charge in [0.2, 0.25) is 0 Å². The lowest BCUT2D eigenvalue weighted by atomic mass is 9.92. The van der Waals surface area contributed by atoms with Crippen LogP contribution in [0.15, 0.2) is 194 Å². The number of fused-ring (bicyclic) bond motifs is 6. The number of aromatic nitrogens is 4. The van der Waals surface area contributed by atoms with Crippen LogP contribution in [0.3, 0.4) is 0 Å². The lowest BCUT2D eigenvalue weighted by molar-refractivity contribution is 1.07. The number of hydrogen-bond acceptors (Lipinski definition) is 3. The second kappa shape index (κ2) is 12.6. The maximum absolute atomic E-state index is 5.13. The Hall–Kier alpha value is -7.43. The molecule has 0 saturated heterocycles. The van der Waals surface area contributed by atoms with Gasteiger partial charge in [0.15, 0.2) is 17.5 Å². The normalized spacial score (nSPS) is 11.6. The van der Waals surface area contributed by atoms with Crippen LogP contribution in [-0.2, 0) is 0 Å². The second-order valence-corrected chi connectivity index (χ2v) is 14.1. The van der Waals surface area contributed by atoms with Crippen LogP contribution in [0.25, 0.3) is 106 Å². The summed E-state index contributed by atoms with van der Waals surface area (Å²) in [6.07, 6.45) is 0. The third kappa shape index (κ3) is 5.26. The van der Waals surface area contributed by atoms with E-state index >= 15 is 0 Å². The van der Waals surface area contributed by atoms with Crippen molar-refractivity contribution in [3.05, 3.63) is 194 Å². The van der Waals surface area contributed by atoms with Crippen molar-refractivity contribution in [3.8, 4) is 67.5 Å². The van der Waals surface area contributed by atoms with Crippen molar-refractivity contribution >= 4 is 38.1 Å². The molecule has 0 unspecified atom stereocenters. The van der Waals surface area contributed by atoms with Crippen LogP contribution in [0.5, 0.6) is 0 Å². The molecule has 0 amide bonds. The zero-order chi connectivity index (χ0) is 36.3. The summed E-state index contributed by atoms with van der Waals surface area (Å²) in [5, 5.41) is 4.75. The van der Waals surface area contributed by atoms with Gasteiger partial charge in [-0.1, -0.05) is 146 Å². The fourth-order valence-corrected chi connectivity index (χ4v) is 8.13. The quantitative estimate of drug-likeness (QED) is 0.173. The molecule has 8 aromatic carbocycles. The average Bonchev–Trinajstić information content (AvgIpc) is 3.79. The van der Waals surface area contributed by atoms with Gasteiger partial charge in [-0.15, -0.1) is 0 Å². The predicted octanol–water partition coefficient (Wildman–Crippen LogP) is 13.0. The predicted molar refractivity (Wildman–Crippen MR) is 227 cm³/mol. The van der Waals surface area contributed by atoms with Crippen LogP contribution in [0.4, 0.5) is 0 Å². The summed E-state index contributed by atoms with van der Waals surface area (Å²) in [6, 6.07) is 68.8. The van der Waals surface area contributed by atoms with Crippen LogP contribution in [0.2, 0.25) is 0 Å². The number of nitrogens with zero attached hydrogens (tertiary/aromatic N) is 4. The zero-order valence-electron chi connectivity index (χ0n) is 29.8. The molecule has 256 valence electrons. The average molecular weight is 701 g/mol. The van der Waals surface area contributed by atoms with Crippen molar-refractivity contribution in [1.82, 2.24) is 19.4 Å². The molecule has 3 heterocycles. The van der Waals surface area contributed by atoms with Crippen LogP contribution < -0.4 is 0 Å². The van der Waals surface area contributed by atoms with Crippen molar-refractivity contribution in [3.63, 3.8) is 0 Å². The minimum atomic E-state index is 0.648. The van der Waals surface area contributed by atoms with E-state index in [1.807, 2.05) is 36.4 Å². The maximum atomic E-state index is 5.13. The highest BCUT2D eigenvalue weighted by Crippen LogP contribution is 2.43. The topological polar surface area (TPSA) is 43.1 Å². The molecule has 0 atom stereocenters. The first-order valence-electron chi connectivity index (χ1n) is 18.6. The standard InChI is InChI=1S/C51H32N4/c1-5-15-33(16-6-1)38-27-39(34-17-7-2-8-18-34)29-40(28-38)37-25-26-47-43(30-37)45-32-41(31-44-42-23-13-14-24-46(42)55(47)48(44)45)51-53-49(35-19-9-3-10-20-35)52-50(54-51)36-21-11-4-12-22-36/h1-32H. The van der Waals surface area contributed by atoms with Gasteiger partial charge in [-0.2, -0.15) is 0 Å². The van der Waals surface area contributed by atoms with Crippen molar-refractivity contribution in [1.29, 1.82) is 0 Å². The molecule has 0 spiro atoms. The molecule has 0 aliphatic rings. The molecule has 0 N–H and O–H groups in total. The number of rotatable bonds is 6. The SMILES string of the molecule is c1ccc(-c2cc(-c3ccccc3)cc(-c3ccc4c(c3)c3cc(-c5nc(-c6ccccc6)nc(-c6ccccc6)n5)cc5c6ccccc6n4c53)c2)cc1. The van der Waals surface area contributed by atoms with Crippen molar-refractivity contribution in [2.45, 2.75) is 0 Å². The van der Waals surface area contributed by atoms with E-state index in [0.717, 1.165) is 16.7 Å². The smallest absolute Gasteiger partial charge is 0.164 e. The molecular weight excluding hydrogens is 669 g/mol. The number of hydrogen-bond donors (Lipinski definition) is 0. The molecule has 0 fully saturated rings. The Morgan fingerprint density at radius 2 is 0.655 bits per heavy atom. The lowest BCUT2D eigenvalue weighted by Crippen LogP contribution is -2.00. The van der Waals surface area contributed by atoms with E-state index in [4.69, 9.17) is 15.0 Å². The minimum absolute atomic E-state index is 0.648. The first-order chi connectivity index (χ1) is 27.2. The van der Waals surface area contributed by atoms with Gasteiger partial charge in [-0.05, 0) is 81.9 Å². The Labute approximate surface area is 318 Å². The summed E-state index contributed by atoms with van der Waals surface area (Å²) in [5.74, 6) is 1.95. The largest absolute Gasteiger partial charge is 0.308 e. The molecule has 55 heavy (non-hydrogen) atoms. The molecule has 0 saturated carbocycles. The van der Waals surface area contributed by atoms with E-state index in [9.17, 15) is 0 Å². The number of benzene rings is 8. The number of para-hydroxylation sites is 1. The summed E-state index contributed by atoms with van der Waals surface area (Å²) in [4.78, 5) is 15.2. The first-order valence-corrected chi connectivity index (χ1v) is 18.6. The van der Waals surface area contributed by atoms with Gasteiger partial charge in [0.05, 0.1) is 16.6 Å². The van der Waals surface area contributed by atoms with Crippen LogP contribution in [0.1, 0.15) is 0 Å². The maximum Gasteiger partial charge on any atom is 0.164 e. The van der Waals surface area contributed by atoms with Crippen molar-refractivity contribution in [2.75, 3.05) is 0 Å². The molecule has 0 aliphatic heterocycles. The first kappa shape index (κ1) is 31.1. The van der Waals surface area contributed by atoms with Crippen LogP contribution in [-0.4, -0.2) is 19.4 Å². The summed E-state index contributed by atoms with van der Waals surface area (Å²) in [5.41, 5.74) is 13.5. The third-order valence-electron chi connectivity index (χ3n) is 10.7. The fourth-order valence-electron chi connectivity index (χ4n) is 8.13. The Morgan fingerprint density at radius 3 is 1.20 bits per heavy atom. The summed E-state index contributed by atoms with van der Waals surface area (Å²) < 4.78 is 2.43. The Kier molecular flexibility index (Phi) is 7.14. The Bertz CT molecular complexity index is 3060. The fraction of sp³-hybridized carbons (Fsp3) is 0. The highest BCUT2D eigenvalue weighted by molar-refractivity contribution is 6.24. The monoisotopic (exact) mass is 700 g/mol. The molecule has 0 aliphatic carbocycles. The van der Waals surface area contributed by atoms with Gasteiger partial charge in [0, 0.05) is 38.2 Å². The highest BCUT2D eigenvalue weighted by Gasteiger charge is 2.21. The summed E-state index contributed by atoms with van der Waals surface area (Å²) in [6.45, 7) is 0. The van der Waals surface area contributed by atoms with Crippen LogP contribution >= 0.6 is 0 Å². The summed E-state index contributed by atoms with van der Waals surface area (Å²) >= 11 is 0. The van der Waals surface area contributed by atoms with E-state index in [0.29, 0.717) is 17.5 Å². The van der Waals surface area contributed by atoms with Gasteiger partial charge in [0.1, 0.15) is 0 Å².